The Balaban J connectivity index is 0.000000172. The summed E-state index contributed by atoms with van der Waals surface area (Å²) in [6, 6.07) is 42.3. The van der Waals surface area contributed by atoms with Gasteiger partial charge in [0, 0.05) is 18.6 Å². The van der Waals surface area contributed by atoms with Gasteiger partial charge in [-0.25, -0.2) is 0 Å². The van der Waals surface area contributed by atoms with Crippen LogP contribution >= 0.6 is 0 Å². The number of halogens is 3. The second-order valence-electron chi connectivity index (χ2n) is 15.8. The van der Waals surface area contributed by atoms with Crippen molar-refractivity contribution in [2.45, 2.75) is 102 Å². The third-order valence-electron chi connectivity index (χ3n) is 12.0. The van der Waals surface area contributed by atoms with E-state index < -0.39 is 6.36 Å². The van der Waals surface area contributed by atoms with Gasteiger partial charge >= 0.3 is 6.36 Å². The minimum atomic E-state index is -4.67. The first-order chi connectivity index (χ1) is 27.3. The molecule has 4 aliphatic rings. The topological polar surface area (TPSA) is 47.3 Å². The Morgan fingerprint density at radius 3 is 1.41 bits per heavy atom. The first-order valence-electron chi connectivity index (χ1n) is 20.4. The molecule has 0 radical (unpaired) electrons. The van der Waals surface area contributed by atoms with Crippen LogP contribution in [-0.2, 0) is 32.2 Å². The number of rotatable bonds is 4. The normalized spacial score (nSPS) is 19.3. The van der Waals surface area contributed by atoms with Crippen LogP contribution in [0, 0.1) is 0 Å². The molecule has 5 aromatic carbocycles. The first kappa shape index (κ1) is 38.0. The predicted molar refractivity (Wildman–Crippen MR) is 221 cm³/mol. The molecule has 2 unspecified atom stereocenters. The van der Waals surface area contributed by atoms with E-state index >= 15 is 0 Å². The van der Waals surface area contributed by atoms with Crippen molar-refractivity contribution in [1.82, 2.24) is 5.32 Å². The fraction of sp³-hybridized carbons (Fsp3) is 0.320. The van der Waals surface area contributed by atoms with Gasteiger partial charge in [-0.1, -0.05) is 120 Å². The van der Waals surface area contributed by atoms with Gasteiger partial charge in [0.25, 0.3) is 0 Å². The van der Waals surface area contributed by atoms with E-state index in [0.717, 1.165) is 63.4 Å². The predicted octanol–water partition coefficient (Wildman–Crippen LogP) is 11.7. The lowest BCUT2D eigenvalue weighted by Gasteiger charge is -2.28. The molecule has 2 atom stereocenters. The Morgan fingerprint density at radius 1 is 0.536 bits per heavy atom. The summed E-state index contributed by atoms with van der Waals surface area (Å²) >= 11 is 0. The smallest absolute Gasteiger partial charge is 0.406 e. The molecule has 0 aromatic heterocycles. The van der Waals surface area contributed by atoms with Crippen molar-refractivity contribution in [1.29, 1.82) is 0 Å². The van der Waals surface area contributed by atoms with Gasteiger partial charge in [0.15, 0.2) is 0 Å². The first-order valence-corrected chi connectivity index (χ1v) is 20.4. The zero-order valence-electron chi connectivity index (χ0n) is 32.0. The maximum absolute atomic E-state index is 12.4. The van der Waals surface area contributed by atoms with Crippen LogP contribution in [0.2, 0.25) is 0 Å². The van der Waals surface area contributed by atoms with Gasteiger partial charge in [-0.05, 0) is 150 Å². The lowest BCUT2D eigenvalue weighted by Crippen LogP contribution is -2.31. The van der Waals surface area contributed by atoms with Crippen molar-refractivity contribution in [2.75, 3.05) is 0 Å². The van der Waals surface area contributed by atoms with Crippen LogP contribution in [0.15, 0.2) is 132 Å². The maximum atomic E-state index is 12.4. The summed E-state index contributed by atoms with van der Waals surface area (Å²) < 4.78 is 41.2. The monoisotopic (exact) mass is 752 g/mol. The average Bonchev–Trinajstić information content (AvgIpc) is 3.49. The van der Waals surface area contributed by atoms with Crippen LogP contribution in [0.3, 0.4) is 0 Å². The van der Waals surface area contributed by atoms with Crippen molar-refractivity contribution in [3.8, 4) is 5.75 Å². The second-order valence-corrected chi connectivity index (χ2v) is 15.8. The van der Waals surface area contributed by atoms with E-state index in [1.807, 2.05) is 0 Å². The number of alkyl halides is 3. The van der Waals surface area contributed by atoms with Crippen molar-refractivity contribution < 1.29 is 17.9 Å². The quantitative estimate of drug-likeness (QED) is 0.192. The number of aryl methyl sites for hydroxylation is 4. The molecule has 56 heavy (non-hydrogen) atoms. The lowest BCUT2D eigenvalue weighted by molar-refractivity contribution is -0.274. The molecule has 0 bridgehead atoms. The summed E-state index contributed by atoms with van der Waals surface area (Å²) in [4.78, 5) is 0. The van der Waals surface area contributed by atoms with Crippen molar-refractivity contribution in [3.63, 3.8) is 0 Å². The number of ether oxygens (including phenoxy) is 1. The molecule has 3 nitrogen and oxygen atoms in total. The minimum Gasteiger partial charge on any atom is -0.406 e. The average molecular weight is 753 g/mol. The van der Waals surface area contributed by atoms with Gasteiger partial charge in [-0.3, -0.25) is 0 Å². The summed E-state index contributed by atoms with van der Waals surface area (Å²) in [5.41, 5.74) is 24.6. The van der Waals surface area contributed by atoms with E-state index in [2.05, 4.69) is 107 Å². The highest BCUT2D eigenvalue weighted by Gasteiger charge is 2.31. The standard InChI is InChI=1S/C29H28F3NO.C21H23N/c30-29(31,32)34-25-16-12-20(13-17-25)19-33-24-9-5-8-23(18-24)28-26-10-3-1-6-21(26)14-15-22-7-2-4-11-27(22)28;22-18-9-5-8-17(14-18)21-19-10-3-1-6-15(19)12-13-16-7-2-4-11-20(16)21/h1-4,6-7,10-13,16-17,24,33H,5,8-9,14-15,18-19H2;1-4,6-7,10-11,18H,5,8-9,12-14,22H2. The molecule has 0 spiro atoms. The zero-order valence-corrected chi connectivity index (χ0v) is 32.0. The van der Waals surface area contributed by atoms with Crippen molar-refractivity contribution in [2.24, 2.45) is 5.73 Å². The van der Waals surface area contributed by atoms with E-state index in [9.17, 15) is 13.2 Å². The van der Waals surface area contributed by atoms with Crippen molar-refractivity contribution in [3.05, 3.63) is 183 Å². The summed E-state index contributed by atoms with van der Waals surface area (Å²) in [6.07, 6.45) is 8.65. The van der Waals surface area contributed by atoms with Crippen LogP contribution in [0.25, 0.3) is 11.1 Å². The van der Waals surface area contributed by atoms with Crippen LogP contribution in [0.5, 0.6) is 5.75 Å². The Bertz CT molecular complexity index is 2120. The van der Waals surface area contributed by atoms with Crippen LogP contribution in [-0.4, -0.2) is 18.4 Å². The highest BCUT2D eigenvalue weighted by atomic mass is 19.4. The molecule has 0 amide bonds. The van der Waals surface area contributed by atoms with E-state index in [1.54, 1.807) is 17.7 Å². The molecule has 2 fully saturated rings. The second kappa shape index (κ2) is 17.1. The number of hydrogen-bond donors (Lipinski definition) is 2. The summed E-state index contributed by atoms with van der Waals surface area (Å²) in [7, 11) is 0. The zero-order chi connectivity index (χ0) is 38.5. The lowest BCUT2D eigenvalue weighted by atomic mass is 9.81. The Kier molecular flexibility index (Phi) is 11.6. The van der Waals surface area contributed by atoms with Crippen molar-refractivity contribution >= 4 is 11.1 Å². The minimum absolute atomic E-state index is 0.188. The molecule has 0 saturated heterocycles. The summed E-state index contributed by atoms with van der Waals surface area (Å²) in [6.45, 7) is 0.618. The van der Waals surface area contributed by atoms with Crippen LogP contribution < -0.4 is 15.8 Å². The van der Waals surface area contributed by atoms with Gasteiger partial charge in [0.1, 0.15) is 5.75 Å². The fourth-order valence-corrected chi connectivity index (χ4v) is 9.38. The molecule has 9 rings (SSSR count). The molecule has 4 aliphatic carbocycles. The number of hydrogen-bond acceptors (Lipinski definition) is 3. The molecular weight excluding hydrogens is 702 g/mol. The van der Waals surface area contributed by atoms with Gasteiger partial charge in [-0.15, -0.1) is 13.2 Å². The summed E-state index contributed by atoms with van der Waals surface area (Å²) in [5.74, 6) is -0.188. The van der Waals surface area contributed by atoms with E-state index in [1.165, 1.54) is 92.6 Å². The van der Waals surface area contributed by atoms with Crippen LogP contribution in [0.1, 0.15) is 101 Å². The third kappa shape index (κ3) is 8.88. The number of fused-ring (bicyclic) bond motifs is 4. The number of nitrogens with two attached hydrogens (primary N) is 1. The molecule has 2 saturated carbocycles. The van der Waals surface area contributed by atoms with Gasteiger partial charge in [0.05, 0.1) is 0 Å². The molecule has 0 heterocycles. The van der Waals surface area contributed by atoms with E-state index in [4.69, 9.17) is 5.73 Å². The molecule has 288 valence electrons. The molecule has 6 heteroatoms. The SMILES string of the molecule is FC(F)(F)Oc1ccc(CNC2CCCC(=C3c4ccccc4CCc4ccccc43)C2)cc1.NC1CCCC(=C2c3ccccc3CCc3ccccc32)C1. The molecule has 0 aliphatic heterocycles. The molecule has 5 aromatic rings. The Labute approximate surface area is 329 Å². The molecule has 3 N–H and O–H groups in total. The Morgan fingerprint density at radius 2 is 0.964 bits per heavy atom. The van der Waals surface area contributed by atoms with E-state index in [-0.39, 0.29) is 5.75 Å². The third-order valence-corrected chi connectivity index (χ3v) is 12.0. The van der Waals surface area contributed by atoms with Gasteiger partial charge in [-0.2, -0.15) is 0 Å². The van der Waals surface area contributed by atoms with E-state index in [0.29, 0.717) is 18.6 Å². The largest absolute Gasteiger partial charge is 0.573 e. The number of benzene rings is 5. The maximum Gasteiger partial charge on any atom is 0.573 e. The number of nitrogens with one attached hydrogen (secondary N) is 1. The Hall–Kier alpha value is -4.91. The highest BCUT2D eigenvalue weighted by Crippen LogP contribution is 2.41. The molecular formula is C50H51F3N2O. The fourth-order valence-electron chi connectivity index (χ4n) is 9.38. The van der Waals surface area contributed by atoms with Crippen LogP contribution in [0.4, 0.5) is 13.2 Å². The highest BCUT2D eigenvalue weighted by molar-refractivity contribution is 5.87. The van der Waals surface area contributed by atoms with Gasteiger partial charge < -0.3 is 15.8 Å². The summed E-state index contributed by atoms with van der Waals surface area (Å²) in [5, 5.41) is 3.64. The van der Waals surface area contributed by atoms with Gasteiger partial charge in [0.2, 0.25) is 0 Å².